The highest BCUT2D eigenvalue weighted by Crippen LogP contribution is 2.23. The molecule has 5 nitrogen and oxygen atoms in total. The highest BCUT2D eigenvalue weighted by Gasteiger charge is 2.28. The van der Waals surface area contributed by atoms with Gasteiger partial charge in [0.25, 0.3) is 0 Å². The van der Waals surface area contributed by atoms with Gasteiger partial charge in [0.1, 0.15) is 5.82 Å². The zero-order chi connectivity index (χ0) is 15.0. The summed E-state index contributed by atoms with van der Waals surface area (Å²) in [5.74, 6) is 1.19. The van der Waals surface area contributed by atoms with Crippen LogP contribution in [0.2, 0.25) is 0 Å². The van der Waals surface area contributed by atoms with Crippen LogP contribution in [-0.4, -0.2) is 28.8 Å². The molecule has 1 aliphatic rings. The summed E-state index contributed by atoms with van der Waals surface area (Å²) in [6.07, 6.45) is 3.60. The zero-order valence-electron chi connectivity index (χ0n) is 12.2. The molecule has 0 saturated heterocycles. The van der Waals surface area contributed by atoms with Gasteiger partial charge in [-0.2, -0.15) is 4.31 Å². The molecule has 0 radical (unpaired) electrons. The van der Waals surface area contributed by atoms with E-state index in [0.29, 0.717) is 30.4 Å². The highest BCUT2D eigenvalue weighted by molar-refractivity contribution is 7.89. The summed E-state index contributed by atoms with van der Waals surface area (Å²) in [5.41, 5.74) is 1.14. The summed E-state index contributed by atoms with van der Waals surface area (Å²) in [6.45, 7) is 5.65. The Hall–Kier alpha value is -1.66. The van der Waals surface area contributed by atoms with Crippen LogP contribution in [0.4, 0.5) is 0 Å². The number of hydrogen-bond acceptors (Lipinski definition) is 3. The average molecular weight is 305 g/mol. The van der Waals surface area contributed by atoms with E-state index in [2.05, 4.69) is 18.8 Å². The van der Waals surface area contributed by atoms with E-state index < -0.39 is 10.0 Å². The Morgan fingerprint density at radius 1 is 1.14 bits per heavy atom. The van der Waals surface area contributed by atoms with E-state index in [1.807, 2.05) is 22.9 Å². The maximum atomic E-state index is 12.7. The lowest BCUT2D eigenvalue weighted by Crippen LogP contribution is -2.38. The van der Waals surface area contributed by atoms with Crippen LogP contribution in [0.5, 0.6) is 0 Å². The lowest BCUT2D eigenvalue weighted by Gasteiger charge is -2.27. The summed E-state index contributed by atoms with van der Waals surface area (Å²) in [4.78, 5) is 4.56. The molecular formula is C15H19N3O2S. The van der Waals surface area contributed by atoms with Gasteiger partial charge in [0.05, 0.1) is 11.4 Å². The van der Waals surface area contributed by atoms with Crippen LogP contribution in [0.1, 0.15) is 31.2 Å². The van der Waals surface area contributed by atoms with E-state index >= 15 is 0 Å². The third kappa shape index (κ3) is 2.61. The van der Waals surface area contributed by atoms with E-state index in [0.717, 1.165) is 11.4 Å². The third-order valence-corrected chi connectivity index (χ3v) is 5.75. The molecule has 0 fully saturated rings. The quantitative estimate of drug-likeness (QED) is 0.873. The second kappa shape index (κ2) is 5.27. The Bertz CT molecular complexity index is 733. The molecule has 2 aromatic rings. The molecule has 0 atom stereocenters. The van der Waals surface area contributed by atoms with Crippen molar-refractivity contribution in [1.82, 2.24) is 13.9 Å². The summed E-state index contributed by atoms with van der Waals surface area (Å²) < 4.78 is 28.9. The molecule has 0 saturated carbocycles. The van der Waals surface area contributed by atoms with Gasteiger partial charge >= 0.3 is 0 Å². The fourth-order valence-electron chi connectivity index (χ4n) is 2.53. The van der Waals surface area contributed by atoms with Crippen molar-refractivity contribution >= 4 is 10.0 Å². The molecule has 1 aromatic carbocycles. The molecule has 0 bridgehead atoms. The topological polar surface area (TPSA) is 55.2 Å². The highest BCUT2D eigenvalue weighted by atomic mass is 32.2. The first kappa shape index (κ1) is 14.3. The van der Waals surface area contributed by atoms with E-state index in [4.69, 9.17) is 0 Å². The van der Waals surface area contributed by atoms with Crippen molar-refractivity contribution in [2.75, 3.05) is 6.54 Å². The molecule has 112 valence electrons. The Morgan fingerprint density at radius 2 is 1.86 bits per heavy atom. The largest absolute Gasteiger partial charge is 0.333 e. The number of hydrogen-bond donors (Lipinski definition) is 0. The van der Waals surface area contributed by atoms with Crippen LogP contribution in [-0.2, 0) is 23.1 Å². The molecule has 3 rings (SSSR count). The van der Waals surface area contributed by atoms with Gasteiger partial charge in [0.2, 0.25) is 10.0 Å². The number of fused-ring (bicyclic) bond motifs is 1. The van der Waals surface area contributed by atoms with Crippen LogP contribution in [0.15, 0.2) is 41.6 Å². The summed E-state index contributed by atoms with van der Waals surface area (Å²) in [7, 11) is -3.45. The van der Waals surface area contributed by atoms with Crippen LogP contribution < -0.4 is 0 Å². The van der Waals surface area contributed by atoms with Crippen LogP contribution in [0.25, 0.3) is 0 Å². The smallest absolute Gasteiger partial charge is 0.243 e. The Kier molecular flexibility index (Phi) is 3.59. The van der Waals surface area contributed by atoms with Gasteiger partial charge in [-0.15, -0.1) is 0 Å². The lowest BCUT2D eigenvalue weighted by atomic mass is 10.0. The van der Waals surface area contributed by atoms with Crippen molar-refractivity contribution in [3.63, 3.8) is 0 Å². The second-order valence-electron chi connectivity index (χ2n) is 5.60. The predicted molar refractivity (Wildman–Crippen MR) is 80.4 cm³/mol. The molecule has 0 N–H and O–H groups in total. The van der Waals surface area contributed by atoms with Crippen molar-refractivity contribution < 1.29 is 8.42 Å². The lowest BCUT2D eigenvalue weighted by molar-refractivity contribution is 0.335. The SMILES string of the molecule is CC(C)c1ccc(S(=O)(=O)N2CCn3ccnc3C2)cc1. The molecule has 0 aliphatic carbocycles. The molecule has 0 amide bonds. The van der Waals surface area contributed by atoms with Gasteiger partial charge < -0.3 is 4.57 Å². The summed E-state index contributed by atoms with van der Waals surface area (Å²) in [5, 5.41) is 0. The second-order valence-corrected chi connectivity index (χ2v) is 7.54. The number of nitrogens with zero attached hydrogens (tertiary/aromatic N) is 3. The molecule has 0 spiro atoms. The minimum Gasteiger partial charge on any atom is -0.333 e. The molecule has 6 heteroatoms. The van der Waals surface area contributed by atoms with Crippen molar-refractivity contribution in [3.8, 4) is 0 Å². The number of sulfonamides is 1. The van der Waals surface area contributed by atoms with Crippen molar-refractivity contribution in [1.29, 1.82) is 0 Å². The average Bonchev–Trinajstić information content (AvgIpc) is 2.94. The Balaban J connectivity index is 1.87. The molecule has 1 aromatic heterocycles. The minimum absolute atomic E-state index is 0.335. The van der Waals surface area contributed by atoms with Crippen LogP contribution in [0.3, 0.4) is 0 Å². The minimum atomic E-state index is -3.45. The van der Waals surface area contributed by atoms with E-state index in [1.54, 1.807) is 18.3 Å². The third-order valence-electron chi connectivity index (χ3n) is 3.89. The maximum Gasteiger partial charge on any atom is 0.243 e. The number of benzene rings is 1. The van der Waals surface area contributed by atoms with E-state index in [9.17, 15) is 8.42 Å². The molecule has 2 heterocycles. The predicted octanol–water partition coefficient (Wildman–Crippen LogP) is 2.21. The zero-order valence-corrected chi connectivity index (χ0v) is 13.0. The molecule has 1 aliphatic heterocycles. The van der Waals surface area contributed by atoms with Gasteiger partial charge in [0.15, 0.2) is 0 Å². The van der Waals surface area contributed by atoms with Crippen molar-refractivity contribution in [2.24, 2.45) is 0 Å². The van der Waals surface area contributed by atoms with E-state index in [1.165, 1.54) is 4.31 Å². The normalized spacial score (nSPS) is 16.1. The van der Waals surface area contributed by atoms with Crippen molar-refractivity contribution in [2.45, 2.75) is 37.8 Å². The van der Waals surface area contributed by atoms with Crippen LogP contribution >= 0.6 is 0 Å². The first-order chi connectivity index (χ1) is 9.98. The van der Waals surface area contributed by atoms with Gasteiger partial charge in [-0.1, -0.05) is 26.0 Å². The fraction of sp³-hybridized carbons (Fsp3) is 0.400. The van der Waals surface area contributed by atoms with Gasteiger partial charge in [-0.3, -0.25) is 0 Å². The molecule has 21 heavy (non-hydrogen) atoms. The summed E-state index contributed by atoms with van der Waals surface area (Å²) in [6, 6.07) is 7.18. The van der Waals surface area contributed by atoms with E-state index in [-0.39, 0.29) is 0 Å². The van der Waals surface area contributed by atoms with Gasteiger partial charge in [0, 0.05) is 25.5 Å². The van der Waals surface area contributed by atoms with Crippen molar-refractivity contribution in [3.05, 3.63) is 48.0 Å². The van der Waals surface area contributed by atoms with Crippen LogP contribution in [0, 0.1) is 0 Å². The van der Waals surface area contributed by atoms with Gasteiger partial charge in [-0.05, 0) is 23.6 Å². The standard InChI is InChI=1S/C15H19N3O2S/c1-12(2)13-3-5-14(6-4-13)21(19,20)18-10-9-17-8-7-16-15(17)11-18/h3-8,12H,9-11H2,1-2H3. The Morgan fingerprint density at radius 3 is 2.52 bits per heavy atom. The maximum absolute atomic E-state index is 12.7. The fourth-order valence-corrected chi connectivity index (χ4v) is 3.92. The monoisotopic (exact) mass is 305 g/mol. The summed E-state index contributed by atoms with van der Waals surface area (Å²) >= 11 is 0. The number of rotatable bonds is 3. The molecular weight excluding hydrogens is 286 g/mol. The number of aromatic nitrogens is 2. The first-order valence-corrected chi connectivity index (χ1v) is 8.52. The Labute approximate surface area is 125 Å². The number of imidazole rings is 1. The first-order valence-electron chi connectivity index (χ1n) is 7.08. The van der Waals surface area contributed by atoms with Gasteiger partial charge in [-0.25, -0.2) is 13.4 Å². The molecule has 0 unspecified atom stereocenters.